The van der Waals surface area contributed by atoms with E-state index in [1.54, 1.807) is 6.08 Å². The number of hydrogen-bond acceptors (Lipinski definition) is 0. The van der Waals surface area contributed by atoms with Gasteiger partial charge in [-0.05, 0) is 42.7 Å². The maximum absolute atomic E-state index is 13.4. The zero-order valence-corrected chi connectivity index (χ0v) is 8.90. The third-order valence-corrected chi connectivity index (χ3v) is 3.19. The lowest BCUT2D eigenvalue weighted by molar-refractivity contribution is 0.467. The Morgan fingerprint density at radius 3 is 2.31 bits per heavy atom. The Bertz CT molecular complexity index is 419. The molecular weight excluding hydrogens is 213 g/mol. The van der Waals surface area contributed by atoms with E-state index in [0.717, 1.165) is 25.3 Å². The summed E-state index contributed by atoms with van der Waals surface area (Å²) < 4.78 is 39.1. The zero-order valence-electron chi connectivity index (χ0n) is 8.90. The van der Waals surface area contributed by atoms with Crippen LogP contribution in [0.3, 0.4) is 0 Å². The fourth-order valence-electron chi connectivity index (χ4n) is 2.04. The quantitative estimate of drug-likeness (QED) is 0.537. The lowest BCUT2D eigenvalue weighted by Gasteiger charge is -2.13. The van der Waals surface area contributed by atoms with Gasteiger partial charge in [0.15, 0.2) is 11.6 Å². The molecule has 16 heavy (non-hydrogen) atoms. The van der Waals surface area contributed by atoms with Gasteiger partial charge >= 0.3 is 0 Å². The van der Waals surface area contributed by atoms with E-state index in [4.69, 9.17) is 0 Å². The molecule has 0 atom stereocenters. The molecule has 3 heteroatoms. The number of halogens is 3. The van der Waals surface area contributed by atoms with E-state index >= 15 is 0 Å². The molecule has 0 radical (unpaired) electrons. The minimum absolute atomic E-state index is 0.0346. The van der Waals surface area contributed by atoms with Crippen LogP contribution in [0.4, 0.5) is 13.2 Å². The molecule has 1 aromatic carbocycles. The molecule has 0 nitrogen and oxygen atoms in total. The molecule has 0 spiro atoms. The maximum atomic E-state index is 13.4. The smallest absolute Gasteiger partial charge is 0.161 e. The van der Waals surface area contributed by atoms with E-state index < -0.39 is 17.5 Å². The Labute approximate surface area is 92.8 Å². The summed E-state index contributed by atoms with van der Waals surface area (Å²) in [6.07, 6.45) is 5.05. The predicted octanol–water partition coefficient (Wildman–Crippen LogP) is 4.00. The molecule has 0 aliphatic heterocycles. The fraction of sp³-hybridized carbons (Fsp3) is 0.385. The Balaban J connectivity index is 2.21. The van der Waals surface area contributed by atoms with Crippen LogP contribution in [0.1, 0.15) is 24.8 Å². The minimum atomic E-state index is -1.13. The molecule has 0 saturated heterocycles. The van der Waals surface area contributed by atoms with Crippen LogP contribution in [-0.2, 0) is 6.42 Å². The van der Waals surface area contributed by atoms with Gasteiger partial charge in [0.25, 0.3) is 0 Å². The highest BCUT2D eigenvalue weighted by Crippen LogP contribution is 2.51. The van der Waals surface area contributed by atoms with Crippen molar-refractivity contribution in [3.63, 3.8) is 0 Å². The zero-order chi connectivity index (χ0) is 11.8. The van der Waals surface area contributed by atoms with Crippen LogP contribution in [0.5, 0.6) is 0 Å². The van der Waals surface area contributed by atoms with Crippen LogP contribution in [0.25, 0.3) is 0 Å². The second-order valence-corrected chi connectivity index (χ2v) is 4.53. The fourth-order valence-corrected chi connectivity index (χ4v) is 2.04. The normalized spacial score (nSPS) is 17.2. The van der Waals surface area contributed by atoms with Crippen LogP contribution in [-0.4, -0.2) is 0 Å². The summed E-state index contributed by atoms with van der Waals surface area (Å²) in [5.74, 6) is -2.77. The van der Waals surface area contributed by atoms with Crippen LogP contribution in [0.15, 0.2) is 24.8 Å². The summed E-state index contributed by atoms with van der Waals surface area (Å²) in [4.78, 5) is 0. The summed E-state index contributed by atoms with van der Waals surface area (Å²) in [5.41, 5.74) is 0.297. The molecular formula is C13H13F3. The topological polar surface area (TPSA) is 0 Å². The second-order valence-electron chi connectivity index (χ2n) is 4.53. The highest BCUT2D eigenvalue weighted by molar-refractivity contribution is 5.23. The van der Waals surface area contributed by atoms with Gasteiger partial charge < -0.3 is 0 Å². The van der Waals surface area contributed by atoms with Gasteiger partial charge in [-0.2, -0.15) is 0 Å². The number of rotatable bonds is 4. The first kappa shape index (κ1) is 11.2. The van der Waals surface area contributed by atoms with Crippen molar-refractivity contribution in [1.29, 1.82) is 0 Å². The molecule has 86 valence electrons. The summed E-state index contributed by atoms with van der Waals surface area (Å²) in [5, 5.41) is 0. The lowest BCUT2D eigenvalue weighted by atomic mass is 9.93. The maximum Gasteiger partial charge on any atom is 0.161 e. The minimum Gasteiger partial charge on any atom is -0.207 e. The van der Waals surface area contributed by atoms with E-state index in [0.29, 0.717) is 12.5 Å². The van der Waals surface area contributed by atoms with Gasteiger partial charge in [0, 0.05) is 6.07 Å². The van der Waals surface area contributed by atoms with Gasteiger partial charge in [-0.3, -0.25) is 0 Å². The molecule has 0 N–H and O–H groups in total. The van der Waals surface area contributed by atoms with Crippen molar-refractivity contribution in [2.75, 3.05) is 0 Å². The van der Waals surface area contributed by atoms with Crippen molar-refractivity contribution in [1.82, 2.24) is 0 Å². The molecule has 2 rings (SSSR count). The van der Waals surface area contributed by atoms with Gasteiger partial charge in [-0.1, -0.05) is 6.08 Å². The standard InChI is InChI=1S/C13H13F3/c1-2-3-13(4-5-13)8-9-6-11(15)12(16)7-10(9)14/h2,6-7H,1,3-5,8H2. The molecule has 0 bridgehead atoms. The van der Waals surface area contributed by atoms with Crippen LogP contribution < -0.4 is 0 Å². The first-order valence-corrected chi connectivity index (χ1v) is 5.31. The molecule has 0 heterocycles. The van der Waals surface area contributed by atoms with Gasteiger partial charge in [-0.25, -0.2) is 13.2 Å². The second kappa shape index (κ2) is 3.96. The molecule has 0 amide bonds. The molecule has 1 saturated carbocycles. The van der Waals surface area contributed by atoms with Gasteiger partial charge in [0.1, 0.15) is 5.82 Å². The average molecular weight is 226 g/mol. The predicted molar refractivity (Wildman–Crippen MR) is 56.5 cm³/mol. The molecule has 1 fully saturated rings. The van der Waals surface area contributed by atoms with E-state index in [1.807, 2.05) is 0 Å². The van der Waals surface area contributed by atoms with Crippen molar-refractivity contribution in [3.05, 3.63) is 47.8 Å². The van der Waals surface area contributed by atoms with Crippen molar-refractivity contribution in [3.8, 4) is 0 Å². The Morgan fingerprint density at radius 2 is 1.75 bits per heavy atom. The molecule has 1 aromatic rings. The first-order valence-electron chi connectivity index (χ1n) is 5.31. The third kappa shape index (κ3) is 2.13. The number of hydrogen-bond donors (Lipinski definition) is 0. The van der Waals surface area contributed by atoms with Gasteiger partial charge in [0.2, 0.25) is 0 Å². The summed E-state index contributed by atoms with van der Waals surface area (Å²) in [6, 6.07) is 1.59. The van der Waals surface area contributed by atoms with E-state index in [2.05, 4.69) is 6.58 Å². The highest BCUT2D eigenvalue weighted by atomic mass is 19.2. The molecule has 1 aliphatic carbocycles. The Hall–Kier alpha value is -1.25. The van der Waals surface area contributed by atoms with Crippen molar-refractivity contribution < 1.29 is 13.2 Å². The van der Waals surface area contributed by atoms with Crippen LogP contribution >= 0.6 is 0 Å². The van der Waals surface area contributed by atoms with Crippen LogP contribution in [0.2, 0.25) is 0 Å². The van der Waals surface area contributed by atoms with Gasteiger partial charge in [-0.15, -0.1) is 6.58 Å². The largest absolute Gasteiger partial charge is 0.207 e. The lowest BCUT2D eigenvalue weighted by Crippen LogP contribution is -2.06. The summed E-state index contributed by atoms with van der Waals surface area (Å²) >= 11 is 0. The van der Waals surface area contributed by atoms with Crippen molar-refractivity contribution in [2.45, 2.75) is 25.7 Å². The Kier molecular flexibility index (Phi) is 2.78. The number of allylic oxidation sites excluding steroid dienone is 1. The van der Waals surface area contributed by atoms with E-state index in [-0.39, 0.29) is 11.0 Å². The van der Waals surface area contributed by atoms with Crippen molar-refractivity contribution in [2.24, 2.45) is 5.41 Å². The first-order chi connectivity index (χ1) is 7.56. The molecule has 1 aliphatic rings. The number of benzene rings is 1. The summed E-state index contributed by atoms with van der Waals surface area (Å²) in [6.45, 7) is 3.65. The summed E-state index contributed by atoms with van der Waals surface area (Å²) in [7, 11) is 0. The average Bonchev–Trinajstić information content (AvgIpc) is 2.95. The SMILES string of the molecule is C=CCC1(Cc2cc(F)c(F)cc2F)CC1. The molecule has 0 unspecified atom stereocenters. The highest BCUT2D eigenvalue weighted by Gasteiger charge is 2.41. The third-order valence-electron chi connectivity index (χ3n) is 3.19. The monoisotopic (exact) mass is 226 g/mol. The Morgan fingerprint density at radius 1 is 1.12 bits per heavy atom. The van der Waals surface area contributed by atoms with Crippen LogP contribution in [0, 0.1) is 22.9 Å². The van der Waals surface area contributed by atoms with E-state index in [1.165, 1.54) is 0 Å². The van der Waals surface area contributed by atoms with E-state index in [9.17, 15) is 13.2 Å². The van der Waals surface area contributed by atoms with Gasteiger partial charge in [0.05, 0.1) is 0 Å². The molecule has 0 aromatic heterocycles. The van der Waals surface area contributed by atoms with Crippen molar-refractivity contribution >= 4 is 0 Å².